The van der Waals surface area contributed by atoms with E-state index in [2.05, 4.69) is 0 Å². The summed E-state index contributed by atoms with van der Waals surface area (Å²) in [4.78, 5) is 13.8. The molecule has 0 heterocycles. The number of hydrogen-bond donors (Lipinski definition) is 1. The molecule has 106 valence electrons. The van der Waals surface area contributed by atoms with E-state index in [1.807, 2.05) is 27.8 Å². The zero-order valence-electron chi connectivity index (χ0n) is 12.2. The van der Waals surface area contributed by atoms with Crippen LogP contribution in [0.4, 0.5) is 4.79 Å². The number of nitrogens with two attached hydrogens (primary N) is 1. The van der Waals surface area contributed by atoms with Gasteiger partial charge in [-0.1, -0.05) is 12.8 Å². The van der Waals surface area contributed by atoms with Gasteiger partial charge in [-0.2, -0.15) is 0 Å². The number of ether oxygens (including phenoxy) is 1. The van der Waals surface area contributed by atoms with Gasteiger partial charge in [-0.15, -0.1) is 0 Å². The quantitative estimate of drug-likeness (QED) is 0.844. The molecule has 0 spiro atoms. The van der Waals surface area contributed by atoms with Crippen molar-refractivity contribution in [2.24, 2.45) is 11.7 Å². The molecule has 0 aromatic heterocycles. The number of carbonyl (C=O) groups is 1. The molecule has 2 unspecified atom stereocenters. The van der Waals surface area contributed by atoms with Crippen LogP contribution in [0.5, 0.6) is 0 Å². The Balaban J connectivity index is 2.50. The average Bonchev–Trinajstić information content (AvgIpc) is 2.26. The Hall–Kier alpha value is -0.770. The first-order valence-corrected chi connectivity index (χ1v) is 6.99. The summed E-state index contributed by atoms with van der Waals surface area (Å²) in [6.07, 6.45) is 5.43. The van der Waals surface area contributed by atoms with Crippen molar-refractivity contribution in [3.05, 3.63) is 0 Å². The van der Waals surface area contributed by atoms with Crippen LogP contribution < -0.4 is 5.73 Å². The standard InChI is InChI=1S/C14H28N2O2/c1-14(2,3)18-13(17)16(4)12-7-5-6-11(10-12)8-9-15/h11-12H,5-10,15H2,1-4H3. The molecule has 2 atom stereocenters. The van der Waals surface area contributed by atoms with Crippen molar-refractivity contribution in [3.8, 4) is 0 Å². The smallest absolute Gasteiger partial charge is 0.410 e. The van der Waals surface area contributed by atoms with E-state index >= 15 is 0 Å². The average molecular weight is 256 g/mol. The maximum absolute atomic E-state index is 12.0. The van der Waals surface area contributed by atoms with E-state index in [0.717, 1.165) is 25.8 Å². The molecule has 0 bridgehead atoms. The molecule has 0 aromatic rings. The van der Waals surface area contributed by atoms with Crippen LogP contribution in [-0.4, -0.2) is 36.2 Å². The maximum Gasteiger partial charge on any atom is 0.410 e. The van der Waals surface area contributed by atoms with E-state index in [-0.39, 0.29) is 6.09 Å². The first-order valence-electron chi connectivity index (χ1n) is 6.99. The second kappa shape index (κ2) is 6.41. The maximum atomic E-state index is 12.0. The number of hydrogen-bond acceptors (Lipinski definition) is 3. The van der Waals surface area contributed by atoms with Crippen molar-refractivity contribution in [2.75, 3.05) is 13.6 Å². The molecule has 0 saturated heterocycles. The van der Waals surface area contributed by atoms with Crippen molar-refractivity contribution in [1.29, 1.82) is 0 Å². The lowest BCUT2D eigenvalue weighted by molar-refractivity contribution is 0.0162. The lowest BCUT2D eigenvalue weighted by atomic mass is 9.83. The van der Waals surface area contributed by atoms with Gasteiger partial charge in [0, 0.05) is 13.1 Å². The van der Waals surface area contributed by atoms with Gasteiger partial charge in [0.15, 0.2) is 0 Å². The molecular weight excluding hydrogens is 228 g/mol. The van der Waals surface area contributed by atoms with Crippen LogP contribution in [0.15, 0.2) is 0 Å². The predicted octanol–water partition coefficient (Wildman–Crippen LogP) is 2.76. The van der Waals surface area contributed by atoms with E-state index < -0.39 is 5.60 Å². The first-order chi connectivity index (χ1) is 8.33. The zero-order valence-corrected chi connectivity index (χ0v) is 12.2. The summed E-state index contributed by atoms with van der Waals surface area (Å²) in [5.74, 6) is 0.665. The van der Waals surface area contributed by atoms with Crippen LogP contribution >= 0.6 is 0 Å². The van der Waals surface area contributed by atoms with Gasteiger partial charge in [0.2, 0.25) is 0 Å². The molecule has 1 amide bonds. The molecule has 0 radical (unpaired) electrons. The highest BCUT2D eigenvalue weighted by atomic mass is 16.6. The second-order valence-corrected chi connectivity index (χ2v) is 6.36. The normalized spacial score (nSPS) is 24.7. The summed E-state index contributed by atoms with van der Waals surface area (Å²) >= 11 is 0. The van der Waals surface area contributed by atoms with Gasteiger partial charge in [-0.3, -0.25) is 0 Å². The van der Waals surface area contributed by atoms with E-state index in [9.17, 15) is 4.79 Å². The fraction of sp³-hybridized carbons (Fsp3) is 0.929. The zero-order chi connectivity index (χ0) is 13.8. The van der Waals surface area contributed by atoms with Gasteiger partial charge in [-0.25, -0.2) is 4.79 Å². The predicted molar refractivity (Wildman–Crippen MR) is 73.4 cm³/mol. The van der Waals surface area contributed by atoms with Crippen molar-refractivity contribution in [2.45, 2.75) is 64.5 Å². The summed E-state index contributed by atoms with van der Waals surface area (Å²) in [7, 11) is 1.85. The van der Waals surface area contributed by atoms with Crippen molar-refractivity contribution in [3.63, 3.8) is 0 Å². The van der Waals surface area contributed by atoms with Crippen molar-refractivity contribution in [1.82, 2.24) is 4.90 Å². The van der Waals surface area contributed by atoms with Crippen LogP contribution in [-0.2, 0) is 4.74 Å². The molecule has 1 saturated carbocycles. The molecule has 0 aliphatic heterocycles. The molecule has 1 aliphatic rings. The second-order valence-electron chi connectivity index (χ2n) is 6.36. The van der Waals surface area contributed by atoms with Crippen molar-refractivity contribution >= 4 is 6.09 Å². The number of amides is 1. The van der Waals surface area contributed by atoms with Gasteiger partial charge in [0.25, 0.3) is 0 Å². The molecule has 0 aromatic carbocycles. The number of carbonyl (C=O) groups excluding carboxylic acids is 1. The van der Waals surface area contributed by atoms with Gasteiger partial charge in [0.1, 0.15) is 5.60 Å². The minimum absolute atomic E-state index is 0.208. The molecule has 1 rings (SSSR count). The minimum Gasteiger partial charge on any atom is -0.444 e. The third-order valence-electron chi connectivity index (χ3n) is 3.56. The molecule has 4 heteroatoms. The Labute approximate surface area is 111 Å². The fourth-order valence-electron chi connectivity index (χ4n) is 2.60. The van der Waals surface area contributed by atoms with Crippen LogP contribution in [0.1, 0.15) is 52.9 Å². The SMILES string of the molecule is CN(C(=O)OC(C)(C)C)C1CCCC(CCN)C1. The lowest BCUT2D eigenvalue weighted by Gasteiger charge is -2.36. The van der Waals surface area contributed by atoms with Crippen LogP contribution in [0, 0.1) is 5.92 Å². The Kier molecular flexibility index (Phi) is 5.45. The number of rotatable bonds is 3. The molecule has 18 heavy (non-hydrogen) atoms. The van der Waals surface area contributed by atoms with E-state index in [1.54, 1.807) is 4.90 Å². The summed E-state index contributed by atoms with van der Waals surface area (Å²) < 4.78 is 5.41. The summed E-state index contributed by atoms with van der Waals surface area (Å²) in [5, 5.41) is 0. The van der Waals surface area contributed by atoms with Gasteiger partial charge in [0.05, 0.1) is 0 Å². The Bertz CT molecular complexity index is 271. The molecular formula is C14H28N2O2. The van der Waals surface area contributed by atoms with Crippen LogP contribution in [0.25, 0.3) is 0 Å². The monoisotopic (exact) mass is 256 g/mol. The largest absolute Gasteiger partial charge is 0.444 e. The molecule has 2 N–H and O–H groups in total. The van der Waals surface area contributed by atoms with E-state index in [1.165, 1.54) is 12.8 Å². The summed E-state index contributed by atoms with van der Waals surface area (Å²) in [6.45, 7) is 6.44. The fourth-order valence-corrected chi connectivity index (χ4v) is 2.60. The summed E-state index contributed by atoms with van der Waals surface area (Å²) in [5.41, 5.74) is 5.20. The van der Waals surface area contributed by atoms with E-state index in [0.29, 0.717) is 12.0 Å². The van der Waals surface area contributed by atoms with E-state index in [4.69, 9.17) is 10.5 Å². The Morgan fingerprint density at radius 1 is 1.39 bits per heavy atom. The Morgan fingerprint density at radius 2 is 2.06 bits per heavy atom. The van der Waals surface area contributed by atoms with Gasteiger partial charge in [-0.05, 0) is 52.5 Å². The molecule has 1 aliphatic carbocycles. The highest BCUT2D eigenvalue weighted by molar-refractivity contribution is 5.68. The number of nitrogens with zero attached hydrogens (tertiary/aromatic N) is 1. The van der Waals surface area contributed by atoms with Crippen molar-refractivity contribution < 1.29 is 9.53 Å². The minimum atomic E-state index is -0.420. The van der Waals surface area contributed by atoms with Gasteiger partial charge < -0.3 is 15.4 Å². The third-order valence-corrected chi connectivity index (χ3v) is 3.56. The summed E-state index contributed by atoms with van der Waals surface area (Å²) in [6, 6.07) is 0.310. The topological polar surface area (TPSA) is 55.6 Å². The highest BCUT2D eigenvalue weighted by Gasteiger charge is 2.29. The first kappa shape index (κ1) is 15.3. The molecule has 4 nitrogen and oxygen atoms in total. The highest BCUT2D eigenvalue weighted by Crippen LogP contribution is 2.29. The third kappa shape index (κ3) is 4.84. The molecule has 1 fully saturated rings. The van der Waals surface area contributed by atoms with Crippen LogP contribution in [0.3, 0.4) is 0 Å². The lowest BCUT2D eigenvalue weighted by Crippen LogP contribution is -2.43. The van der Waals surface area contributed by atoms with Gasteiger partial charge >= 0.3 is 6.09 Å². The Morgan fingerprint density at radius 3 is 2.61 bits per heavy atom. The van der Waals surface area contributed by atoms with Crippen LogP contribution in [0.2, 0.25) is 0 Å².